The van der Waals surface area contributed by atoms with Crippen molar-refractivity contribution >= 4 is 29.2 Å². The second-order valence-electron chi connectivity index (χ2n) is 3.91. The van der Waals surface area contributed by atoms with Crippen molar-refractivity contribution in [2.75, 3.05) is 12.8 Å². The van der Waals surface area contributed by atoms with E-state index < -0.39 is 0 Å². The highest BCUT2D eigenvalue weighted by molar-refractivity contribution is 7.16. The molecule has 2 aromatic rings. The number of halogens is 1. The summed E-state index contributed by atoms with van der Waals surface area (Å²) in [5, 5.41) is 0. The van der Waals surface area contributed by atoms with E-state index in [1.165, 1.54) is 24.5 Å². The zero-order chi connectivity index (χ0) is 14.0. The summed E-state index contributed by atoms with van der Waals surface area (Å²) < 4.78 is 19.1. The maximum atomic E-state index is 14.1. The maximum Gasteiger partial charge on any atom is 0.144 e. The lowest BCUT2D eigenvalue weighted by Gasteiger charge is -2.07. The number of hydrogen-bond donors (Lipinski definition) is 1. The van der Waals surface area contributed by atoms with Crippen LogP contribution in [0.1, 0.15) is 10.4 Å². The van der Waals surface area contributed by atoms with Gasteiger partial charge < -0.3 is 10.5 Å². The summed E-state index contributed by atoms with van der Waals surface area (Å²) in [6.45, 7) is 7.47. The van der Waals surface area contributed by atoms with E-state index in [-0.39, 0.29) is 5.82 Å². The van der Waals surface area contributed by atoms with Crippen molar-refractivity contribution in [2.45, 2.75) is 0 Å². The number of hydrogen-bond acceptors (Lipinski definition) is 3. The molecule has 0 saturated carbocycles. The first kappa shape index (κ1) is 13.4. The summed E-state index contributed by atoms with van der Waals surface area (Å²) in [4.78, 5) is 1.75. The minimum absolute atomic E-state index is 0.339. The minimum Gasteiger partial charge on any atom is -0.494 e. The molecule has 0 aliphatic rings. The van der Waals surface area contributed by atoms with E-state index in [1.54, 1.807) is 18.2 Å². The molecule has 0 fully saturated rings. The molecule has 2 nitrogen and oxygen atoms in total. The number of thiophene rings is 1. The van der Waals surface area contributed by atoms with Gasteiger partial charge in [0.1, 0.15) is 11.6 Å². The molecule has 0 saturated heterocycles. The van der Waals surface area contributed by atoms with Crippen molar-refractivity contribution in [3.05, 3.63) is 47.6 Å². The van der Waals surface area contributed by atoms with Crippen LogP contribution in [0.2, 0.25) is 0 Å². The van der Waals surface area contributed by atoms with Gasteiger partial charge in [0.05, 0.1) is 12.8 Å². The van der Waals surface area contributed by atoms with Crippen molar-refractivity contribution in [2.24, 2.45) is 0 Å². The molecule has 0 radical (unpaired) electrons. The number of methoxy groups -OCH3 is 1. The fourth-order valence-corrected chi connectivity index (χ4v) is 2.84. The van der Waals surface area contributed by atoms with Crippen molar-refractivity contribution in [3.63, 3.8) is 0 Å². The fraction of sp³-hybridized carbons (Fsp3) is 0.0667. The van der Waals surface area contributed by atoms with Crippen molar-refractivity contribution in [1.82, 2.24) is 0 Å². The van der Waals surface area contributed by atoms with E-state index >= 15 is 0 Å². The predicted octanol–water partition coefficient (Wildman–Crippen LogP) is 4.43. The van der Waals surface area contributed by atoms with Gasteiger partial charge in [0.15, 0.2) is 0 Å². The zero-order valence-corrected chi connectivity index (χ0v) is 11.4. The molecular formula is C15H14FNOS. The summed E-state index contributed by atoms with van der Waals surface area (Å²) in [7, 11) is 1.46. The van der Waals surface area contributed by atoms with Crippen LogP contribution in [0, 0.1) is 5.82 Å². The average Bonchev–Trinajstić information content (AvgIpc) is 2.83. The van der Waals surface area contributed by atoms with Crippen molar-refractivity contribution in [1.29, 1.82) is 0 Å². The first-order valence-corrected chi connectivity index (χ1v) is 6.44. The molecule has 2 N–H and O–H groups in total. The summed E-state index contributed by atoms with van der Waals surface area (Å²) in [5.74, 6) is -0.0239. The van der Waals surface area contributed by atoms with Gasteiger partial charge in [0, 0.05) is 21.4 Å². The molecule has 0 aliphatic heterocycles. The SMILES string of the molecule is C=Cc1cc(-c2cc(N)c(OC)cc2F)sc1C=C. The second kappa shape index (κ2) is 5.28. The number of rotatable bonds is 4. The first-order valence-electron chi connectivity index (χ1n) is 5.62. The Morgan fingerprint density at radius 3 is 2.53 bits per heavy atom. The zero-order valence-electron chi connectivity index (χ0n) is 10.6. The van der Waals surface area contributed by atoms with Crippen LogP contribution in [0.3, 0.4) is 0 Å². The lowest BCUT2D eigenvalue weighted by molar-refractivity contribution is 0.414. The molecule has 0 aliphatic carbocycles. The Labute approximate surface area is 115 Å². The van der Waals surface area contributed by atoms with Gasteiger partial charge in [-0.1, -0.05) is 25.3 Å². The topological polar surface area (TPSA) is 35.2 Å². The predicted molar refractivity (Wildman–Crippen MR) is 80.9 cm³/mol. The van der Waals surface area contributed by atoms with Gasteiger partial charge >= 0.3 is 0 Å². The summed E-state index contributed by atoms with van der Waals surface area (Å²) in [6, 6.07) is 4.75. The Balaban J connectivity index is 2.58. The molecular weight excluding hydrogens is 261 g/mol. The lowest BCUT2D eigenvalue weighted by atomic mass is 10.1. The molecule has 1 heterocycles. The van der Waals surface area contributed by atoms with Gasteiger partial charge in [0.25, 0.3) is 0 Å². The second-order valence-corrected chi connectivity index (χ2v) is 5.00. The van der Waals surface area contributed by atoms with Crippen LogP contribution in [-0.4, -0.2) is 7.11 Å². The third-order valence-corrected chi connectivity index (χ3v) is 3.96. The normalized spacial score (nSPS) is 10.2. The highest BCUT2D eigenvalue weighted by Crippen LogP contribution is 2.37. The van der Waals surface area contributed by atoms with Gasteiger partial charge in [0.2, 0.25) is 0 Å². The maximum absolute atomic E-state index is 14.1. The quantitative estimate of drug-likeness (QED) is 0.838. The van der Waals surface area contributed by atoms with Crippen LogP contribution in [0.5, 0.6) is 5.75 Å². The molecule has 4 heteroatoms. The van der Waals surface area contributed by atoms with Gasteiger partial charge in [-0.05, 0) is 17.7 Å². The standard InChI is InChI=1S/C15H14FNOS/c1-4-9-6-15(19-14(9)5-2)10-7-12(17)13(18-3)8-11(10)16/h4-8H,1-2,17H2,3H3. The minimum atomic E-state index is -0.362. The number of benzene rings is 1. The van der Waals surface area contributed by atoms with Crippen LogP contribution in [0.25, 0.3) is 22.6 Å². The first-order chi connectivity index (χ1) is 9.10. The molecule has 0 unspecified atom stereocenters. The Bertz CT molecular complexity index is 620. The molecule has 0 spiro atoms. The van der Waals surface area contributed by atoms with Crippen molar-refractivity contribution in [3.8, 4) is 16.2 Å². The summed E-state index contributed by atoms with van der Waals surface area (Å²) in [5.41, 5.74) is 7.62. The molecule has 1 aromatic heterocycles. The molecule has 0 atom stereocenters. The highest BCUT2D eigenvalue weighted by atomic mass is 32.1. The van der Waals surface area contributed by atoms with E-state index in [4.69, 9.17) is 10.5 Å². The highest BCUT2D eigenvalue weighted by Gasteiger charge is 2.13. The smallest absolute Gasteiger partial charge is 0.144 e. The summed E-state index contributed by atoms with van der Waals surface area (Å²) >= 11 is 1.45. The Hall–Kier alpha value is -2.07. The van der Waals surface area contributed by atoms with Gasteiger partial charge in [-0.2, -0.15) is 0 Å². The van der Waals surface area contributed by atoms with Crippen LogP contribution < -0.4 is 10.5 Å². The molecule has 0 amide bonds. The number of nitrogen functional groups attached to an aromatic ring is 1. The Kier molecular flexibility index (Phi) is 3.71. The monoisotopic (exact) mass is 275 g/mol. The molecule has 98 valence electrons. The molecule has 19 heavy (non-hydrogen) atoms. The number of anilines is 1. The van der Waals surface area contributed by atoms with Gasteiger partial charge in [-0.15, -0.1) is 11.3 Å². The van der Waals surface area contributed by atoms with Gasteiger partial charge in [-0.3, -0.25) is 0 Å². The van der Waals surface area contributed by atoms with Crippen molar-refractivity contribution < 1.29 is 9.13 Å². The van der Waals surface area contributed by atoms with Crippen LogP contribution >= 0.6 is 11.3 Å². The lowest BCUT2D eigenvalue weighted by Crippen LogP contribution is -1.94. The van der Waals surface area contributed by atoms with E-state index in [9.17, 15) is 4.39 Å². The third kappa shape index (κ3) is 2.39. The van der Waals surface area contributed by atoms with Gasteiger partial charge in [-0.25, -0.2) is 4.39 Å². The molecule has 0 bridgehead atoms. The fourth-order valence-electron chi connectivity index (χ4n) is 1.81. The third-order valence-electron chi connectivity index (χ3n) is 2.78. The van der Waals surface area contributed by atoms with E-state index in [1.807, 2.05) is 6.07 Å². The molecule has 1 aromatic carbocycles. The van der Waals surface area contributed by atoms with E-state index in [2.05, 4.69) is 13.2 Å². The van der Waals surface area contributed by atoms with Crippen LogP contribution in [0.15, 0.2) is 31.4 Å². The Morgan fingerprint density at radius 1 is 1.26 bits per heavy atom. The Morgan fingerprint density at radius 2 is 2.00 bits per heavy atom. The van der Waals surface area contributed by atoms with E-state index in [0.29, 0.717) is 17.0 Å². The number of ether oxygens (including phenoxy) is 1. The number of nitrogens with two attached hydrogens (primary N) is 1. The molecule has 2 rings (SSSR count). The summed E-state index contributed by atoms with van der Waals surface area (Å²) in [6.07, 6.45) is 3.46. The largest absolute Gasteiger partial charge is 0.494 e. The van der Waals surface area contributed by atoms with Crippen LogP contribution in [-0.2, 0) is 0 Å². The van der Waals surface area contributed by atoms with E-state index in [0.717, 1.165) is 15.3 Å². The average molecular weight is 275 g/mol. The van der Waals surface area contributed by atoms with Crippen LogP contribution in [0.4, 0.5) is 10.1 Å².